The van der Waals surface area contributed by atoms with Gasteiger partial charge in [0.05, 0.1) is 22.3 Å². The first-order chi connectivity index (χ1) is 12.6. The molecule has 1 aliphatic rings. The van der Waals surface area contributed by atoms with Crippen LogP contribution in [-0.4, -0.2) is 27.8 Å². The molecule has 0 aliphatic carbocycles. The summed E-state index contributed by atoms with van der Waals surface area (Å²) in [4.78, 5) is 46.3. The molecule has 0 radical (unpaired) electrons. The molecule has 7 heteroatoms. The van der Waals surface area contributed by atoms with Gasteiger partial charge in [0.1, 0.15) is 4.88 Å². The van der Waals surface area contributed by atoms with Gasteiger partial charge < -0.3 is 4.84 Å². The molecule has 0 unspecified atom stereocenters. The summed E-state index contributed by atoms with van der Waals surface area (Å²) in [7, 11) is 0. The Morgan fingerprint density at radius 2 is 1.58 bits per heavy atom. The number of carbonyl (C=O) groups is 3. The Morgan fingerprint density at radius 3 is 2.23 bits per heavy atom. The molecule has 4 rings (SSSR count). The average molecular weight is 364 g/mol. The Hall–Kier alpha value is -3.32. The lowest BCUT2D eigenvalue weighted by Crippen LogP contribution is -2.32. The van der Waals surface area contributed by atoms with E-state index in [1.54, 1.807) is 12.1 Å². The van der Waals surface area contributed by atoms with E-state index in [4.69, 9.17) is 4.84 Å². The largest absolute Gasteiger partial charge is 0.375 e. The predicted molar refractivity (Wildman–Crippen MR) is 93.7 cm³/mol. The molecule has 6 nitrogen and oxygen atoms in total. The molecular formula is C19H12N2O4S. The third kappa shape index (κ3) is 2.89. The maximum atomic E-state index is 12.3. The number of hydrogen-bond donors (Lipinski definition) is 0. The van der Waals surface area contributed by atoms with E-state index in [9.17, 15) is 14.4 Å². The van der Waals surface area contributed by atoms with Crippen molar-refractivity contribution in [1.29, 1.82) is 0 Å². The van der Waals surface area contributed by atoms with Crippen LogP contribution in [0.1, 0.15) is 41.0 Å². The number of thiazole rings is 1. The Labute approximate surface area is 152 Å². The van der Waals surface area contributed by atoms with Crippen LogP contribution in [0.2, 0.25) is 0 Å². The maximum Gasteiger partial charge on any atom is 0.375 e. The summed E-state index contributed by atoms with van der Waals surface area (Å²) in [5, 5.41) is 1.24. The average Bonchev–Trinajstić information content (AvgIpc) is 3.22. The van der Waals surface area contributed by atoms with Crippen LogP contribution in [0.25, 0.3) is 0 Å². The van der Waals surface area contributed by atoms with Gasteiger partial charge in [-0.3, -0.25) is 9.59 Å². The maximum absolute atomic E-state index is 12.3. The fourth-order valence-corrected chi connectivity index (χ4v) is 3.46. The van der Waals surface area contributed by atoms with E-state index >= 15 is 0 Å². The van der Waals surface area contributed by atoms with Crippen molar-refractivity contribution in [2.24, 2.45) is 0 Å². The van der Waals surface area contributed by atoms with Crippen LogP contribution in [0.4, 0.5) is 0 Å². The molecule has 26 heavy (non-hydrogen) atoms. The number of carbonyl (C=O) groups excluding carboxylic acids is 3. The van der Waals surface area contributed by atoms with Gasteiger partial charge in [-0.1, -0.05) is 47.5 Å². The highest BCUT2D eigenvalue weighted by molar-refractivity contribution is 7.13. The van der Waals surface area contributed by atoms with E-state index in [0.29, 0.717) is 11.5 Å². The second kappa shape index (κ2) is 6.53. The molecule has 1 aliphatic heterocycles. The van der Waals surface area contributed by atoms with Gasteiger partial charge in [0, 0.05) is 6.42 Å². The lowest BCUT2D eigenvalue weighted by atomic mass is 10.1. The molecule has 2 heterocycles. The number of aromatic nitrogens is 1. The number of amides is 2. The summed E-state index contributed by atoms with van der Waals surface area (Å²) < 4.78 is 0. The van der Waals surface area contributed by atoms with Crippen LogP contribution in [-0.2, 0) is 11.3 Å². The monoisotopic (exact) mass is 364 g/mol. The number of benzene rings is 2. The molecule has 0 saturated carbocycles. The number of imide groups is 1. The quantitative estimate of drug-likeness (QED) is 0.665. The number of nitrogens with zero attached hydrogens (tertiary/aromatic N) is 2. The minimum atomic E-state index is -0.781. The first-order valence-corrected chi connectivity index (χ1v) is 8.64. The molecule has 2 amide bonds. The first-order valence-electron chi connectivity index (χ1n) is 7.82. The Morgan fingerprint density at radius 1 is 0.962 bits per heavy atom. The van der Waals surface area contributed by atoms with Crippen LogP contribution in [0, 0.1) is 0 Å². The van der Waals surface area contributed by atoms with Gasteiger partial charge in [-0.15, -0.1) is 11.3 Å². The molecule has 2 aromatic carbocycles. The van der Waals surface area contributed by atoms with Crippen molar-refractivity contribution in [2.45, 2.75) is 6.42 Å². The number of fused-ring (bicyclic) bond motifs is 1. The SMILES string of the molecule is O=C(ON1C(=O)c2ccccc2C1=O)c1cnc(Cc2ccccc2)s1. The van der Waals surface area contributed by atoms with Gasteiger partial charge in [-0.2, -0.15) is 0 Å². The van der Waals surface area contributed by atoms with Crippen LogP contribution >= 0.6 is 11.3 Å². The number of hydroxylamine groups is 2. The fourth-order valence-electron chi connectivity index (χ4n) is 2.63. The Kier molecular flexibility index (Phi) is 4.06. The minimum absolute atomic E-state index is 0.222. The van der Waals surface area contributed by atoms with Crippen LogP contribution in [0.5, 0.6) is 0 Å². The van der Waals surface area contributed by atoms with Gasteiger partial charge in [0.15, 0.2) is 0 Å². The highest BCUT2D eigenvalue weighted by atomic mass is 32.1. The van der Waals surface area contributed by atoms with Crippen molar-refractivity contribution in [3.05, 3.63) is 87.4 Å². The molecule has 0 N–H and O–H groups in total. The predicted octanol–water partition coefficient (Wildman–Crippen LogP) is 3.10. The molecule has 0 atom stereocenters. The third-order valence-corrected chi connectivity index (χ3v) is 4.86. The summed E-state index contributed by atoms with van der Waals surface area (Å²) in [5.41, 5.74) is 1.51. The van der Waals surface area contributed by atoms with Gasteiger partial charge in [-0.25, -0.2) is 9.78 Å². The highest BCUT2D eigenvalue weighted by Gasteiger charge is 2.39. The van der Waals surface area contributed by atoms with Crippen molar-refractivity contribution in [1.82, 2.24) is 10.0 Å². The fraction of sp³-hybridized carbons (Fsp3) is 0.0526. The molecular weight excluding hydrogens is 352 g/mol. The molecule has 0 saturated heterocycles. The zero-order valence-electron chi connectivity index (χ0n) is 13.4. The summed E-state index contributed by atoms with van der Waals surface area (Å²) in [6, 6.07) is 16.1. The second-order valence-corrected chi connectivity index (χ2v) is 6.72. The van der Waals surface area contributed by atoms with Gasteiger partial charge in [0.25, 0.3) is 11.8 Å². The molecule has 0 bridgehead atoms. The molecule has 3 aromatic rings. The van der Waals surface area contributed by atoms with Gasteiger partial charge in [-0.05, 0) is 17.7 Å². The minimum Gasteiger partial charge on any atom is -0.323 e. The smallest absolute Gasteiger partial charge is 0.323 e. The third-order valence-electron chi connectivity index (χ3n) is 3.88. The lowest BCUT2D eigenvalue weighted by Gasteiger charge is -2.11. The van der Waals surface area contributed by atoms with Crippen LogP contribution < -0.4 is 0 Å². The zero-order valence-corrected chi connectivity index (χ0v) is 14.2. The number of hydrogen-bond acceptors (Lipinski definition) is 6. The molecule has 0 spiro atoms. The van der Waals surface area contributed by atoms with Crippen LogP contribution in [0.3, 0.4) is 0 Å². The van der Waals surface area contributed by atoms with E-state index in [2.05, 4.69) is 4.98 Å². The molecule has 0 fully saturated rings. The first kappa shape index (κ1) is 16.2. The van der Waals surface area contributed by atoms with Crippen LogP contribution in [0.15, 0.2) is 60.8 Å². The number of rotatable bonds is 4. The van der Waals surface area contributed by atoms with E-state index in [-0.39, 0.29) is 16.0 Å². The summed E-state index contributed by atoms with van der Waals surface area (Å²) in [6.45, 7) is 0. The standard InChI is InChI=1S/C19H12N2O4S/c22-17-13-8-4-5-9-14(13)18(23)21(17)25-19(24)15-11-20-16(26-15)10-12-6-2-1-3-7-12/h1-9,11H,10H2. The Bertz CT molecular complexity index is 978. The normalized spacial score (nSPS) is 13.0. The zero-order chi connectivity index (χ0) is 18.1. The topological polar surface area (TPSA) is 76.6 Å². The molecule has 128 valence electrons. The molecule has 1 aromatic heterocycles. The van der Waals surface area contributed by atoms with E-state index in [1.165, 1.54) is 29.7 Å². The van der Waals surface area contributed by atoms with E-state index in [0.717, 1.165) is 10.6 Å². The summed E-state index contributed by atoms with van der Waals surface area (Å²) >= 11 is 1.17. The second-order valence-electron chi connectivity index (χ2n) is 5.61. The van der Waals surface area contributed by atoms with Crippen molar-refractivity contribution in [3.8, 4) is 0 Å². The van der Waals surface area contributed by atoms with Gasteiger partial charge in [0.2, 0.25) is 0 Å². The van der Waals surface area contributed by atoms with Crippen molar-refractivity contribution < 1.29 is 19.2 Å². The Balaban J connectivity index is 1.48. The van der Waals surface area contributed by atoms with Crippen molar-refractivity contribution >= 4 is 29.1 Å². The van der Waals surface area contributed by atoms with E-state index < -0.39 is 17.8 Å². The summed E-state index contributed by atoms with van der Waals surface area (Å²) in [5.74, 6) is -2.07. The van der Waals surface area contributed by atoms with Crippen molar-refractivity contribution in [2.75, 3.05) is 0 Å². The summed E-state index contributed by atoms with van der Waals surface area (Å²) in [6.07, 6.45) is 1.98. The van der Waals surface area contributed by atoms with Gasteiger partial charge >= 0.3 is 5.97 Å². The highest BCUT2D eigenvalue weighted by Crippen LogP contribution is 2.24. The lowest BCUT2D eigenvalue weighted by molar-refractivity contribution is -0.0581. The van der Waals surface area contributed by atoms with E-state index in [1.807, 2.05) is 30.3 Å². The van der Waals surface area contributed by atoms with Crippen molar-refractivity contribution in [3.63, 3.8) is 0 Å².